The molecule has 1 saturated heterocycles. The molecule has 1 unspecified atom stereocenters. The molecule has 0 aromatic rings. The lowest BCUT2D eigenvalue weighted by Gasteiger charge is -2.39. The summed E-state index contributed by atoms with van der Waals surface area (Å²) in [5.41, 5.74) is 6.20. The summed E-state index contributed by atoms with van der Waals surface area (Å²) in [6.45, 7) is 5.41. The number of guanidine groups is 1. The van der Waals surface area contributed by atoms with Gasteiger partial charge in [-0.15, -0.1) is 0 Å². The van der Waals surface area contributed by atoms with Gasteiger partial charge in [-0.05, 0) is 26.3 Å². The van der Waals surface area contributed by atoms with Gasteiger partial charge in [-0.2, -0.15) is 0 Å². The lowest BCUT2D eigenvalue weighted by atomic mass is 9.96. The smallest absolute Gasteiger partial charge is 0.191 e. The fourth-order valence-electron chi connectivity index (χ4n) is 3.07. The van der Waals surface area contributed by atoms with E-state index in [1.165, 1.54) is 38.5 Å². The van der Waals surface area contributed by atoms with Crippen molar-refractivity contribution < 1.29 is 0 Å². The first-order valence-corrected chi connectivity index (χ1v) is 7.49. The first-order valence-electron chi connectivity index (χ1n) is 7.49. The van der Waals surface area contributed by atoms with Crippen molar-refractivity contribution in [2.24, 2.45) is 10.7 Å². The Morgan fingerprint density at radius 3 is 2.61 bits per heavy atom. The van der Waals surface area contributed by atoms with Crippen LogP contribution < -0.4 is 5.73 Å². The maximum atomic E-state index is 6.20. The van der Waals surface area contributed by atoms with Gasteiger partial charge < -0.3 is 10.6 Å². The van der Waals surface area contributed by atoms with Crippen molar-refractivity contribution >= 4 is 5.96 Å². The topological polar surface area (TPSA) is 44.9 Å². The lowest BCUT2D eigenvalue weighted by molar-refractivity contribution is 0.136. The molecule has 0 bridgehead atoms. The molecule has 4 heteroatoms. The van der Waals surface area contributed by atoms with Crippen molar-refractivity contribution in [1.82, 2.24) is 9.80 Å². The summed E-state index contributed by atoms with van der Waals surface area (Å²) in [6.07, 6.45) is 7.66. The van der Waals surface area contributed by atoms with E-state index in [4.69, 9.17) is 10.7 Å². The van der Waals surface area contributed by atoms with E-state index in [-0.39, 0.29) is 0 Å². The normalized spacial score (nSPS) is 28.7. The van der Waals surface area contributed by atoms with Crippen LogP contribution in [0.5, 0.6) is 0 Å². The molecule has 1 aliphatic carbocycles. The molecule has 0 aromatic carbocycles. The Morgan fingerprint density at radius 1 is 1.22 bits per heavy atom. The predicted octanol–water partition coefficient (Wildman–Crippen LogP) is 1.66. The molecule has 2 fully saturated rings. The number of likely N-dealkylation sites (N-methyl/N-ethyl adjacent to an activating group) is 1. The Morgan fingerprint density at radius 2 is 1.94 bits per heavy atom. The first kappa shape index (κ1) is 13.7. The van der Waals surface area contributed by atoms with Crippen LogP contribution in [0.15, 0.2) is 4.99 Å². The molecule has 0 amide bonds. The molecular formula is C14H28N4. The average molecular weight is 252 g/mol. The van der Waals surface area contributed by atoms with Gasteiger partial charge in [-0.25, -0.2) is 4.99 Å². The minimum atomic E-state index is 0.485. The lowest BCUT2D eigenvalue weighted by Crippen LogP contribution is -2.55. The summed E-state index contributed by atoms with van der Waals surface area (Å²) in [7, 11) is 2.21. The molecule has 0 radical (unpaired) electrons. The molecule has 2 rings (SSSR count). The van der Waals surface area contributed by atoms with Crippen LogP contribution in [0.2, 0.25) is 0 Å². The van der Waals surface area contributed by atoms with E-state index in [0.29, 0.717) is 12.1 Å². The van der Waals surface area contributed by atoms with E-state index in [1.807, 2.05) is 0 Å². The van der Waals surface area contributed by atoms with Crippen molar-refractivity contribution in [1.29, 1.82) is 0 Å². The quantitative estimate of drug-likeness (QED) is 0.600. The van der Waals surface area contributed by atoms with E-state index in [1.54, 1.807) is 0 Å². The third-order valence-electron chi connectivity index (χ3n) is 4.46. The number of hydrogen-bond donors (Lipinski definition) is 1. The second-order valence-electron chi connectivity index (χ2n) is 5.77. The van der Waals surface area contributed by atoms with E-state index in [0.717, 1.165) is 25.6 Å². The van der Waals surface area contributed by atoms with Crippen LogP contribution in [0.4, 0.5) is 0 Å². The second kappa shape index (κ2) is 6.41. The van der Waals surface area contributed by atoms with E-state index >= 15 is 0 Å². The first-order chi connectivity index (χ1) is 8.70. The Labute approximate surface area is 111 Å². The number of aliphatic imine (C=N–C) groups is 1. The molecule has 2 N–H and O–H groups in total. The standard InChI is InChI=1S/C14H28N4/c1-3-13-11-18(10-9-17(13)2)14(15)16-12-7-5-4-6-8-12/h12-13H,3-11H2,1-2H3,(H2,15,16). The van der Waals surface area contributed by atoms with Gasteiger partial charge in [0.1, 0.15) is 0 Å². The van der Waals surface area contributed by atoms with Gasteiger partial charge in [0.15, 0.2) is 5.96 Å². The second-order valence-corrected chi connectivity index (χ2v) is 5.77. The van der Waals surface area contributed by atoms with Crippen molar-refractivity contribution in [2.45, 2.75) is 57.5 Å². The Hall–Kier alpha value is -0.770. The van der Waals surface area contributed by atoms with Crippen molar-refractivity contribution in [3.05, 3.63) is 0 Å². The van der Waals surface area contributed by atoms with E-state index in [9.17, 15) is 0 Å². The van der Waals surface area contributed by atoms with E-state index < -0.39 is 0 Å². The molecule has 1 atom stereocenters. The molecule has 0 spiro atoms. The van der Waals surface area contributed by atoms with Crippen LogP contribution >= 0.6 is 0 Å². The molecule has 2 aliphatic rings. The SMILES string of the molecule is CCC1CN(C(N)=NC2CCCCC2)CCN1C. The highest BCUT2D eigenvalue weighted by atomic mass is 15.3. The Kier molecular flexibility index (Phi) is 4.87. The summed E-state index contributed by atoms with van der Waals surface area (Å²) in [5, 5.41) is 0. The summed E-state index contributed by atoms with van der Waals surface area (Å²) < 4.78 is 0. The maximum absolute atomic E-state index is 6.20. The Bertz CT molecular complexity index is 284. The number of nitrogens with two attached hydrogens (primary N) is 1. The Balaban J connectivity index is 1.91. The summed E-state index contributed by atoms with van der Waals surface area (Å²) in [4.78, 5) is 9.47. The van der Waals surface area contributed by atoms with Crippen LogP contribution in [0.3, 0.4) is 0 Å². The van der Waals surface area contributed by atoms with Crippen molar-refractivity contribution in [3.8, 4) is 0 Å². The molecule has 1 heterocycles. The molecule has 1 aliphatic heterocycles. The monoisotopic (exact) mass is 252 g/mol. The highest BCUT2D eigenvalue weighted by molar-refractivity contribution is 5.78. The highest BCUT2D eigenvalue weighted by Gasteiger charge is 2.24. The predicted molar refractivity (Wildman–Crippen MR) is 76.8 cm³/mol. The fraction of sp³-hybridized carbons (Fsp3) is 0.929. The molecule has 18 heavy (non-hydrogen) atoms. The van der Waals surface area contributed by atoms with Gasteiger partial charge in [-0.1, -0.05) is 26.2 Å². The average Bonchev–Trinajstić information content (AvgIpc) is 2.40. The van der Waals surface area contributed by atoms with Crippen molar-refractivity contribution in [2.75, 3.05) is 26.7 Å². The van der Waals surface area contributed by atoms with Crippen LogP contribution in [-0.4, -0.2) is 54.5 Å². The summed E-state index contributed by atoms with van der Waals surface area (Å²) in [6, 6.07) is 1.11. The summed E-state index contributed by atoms with van der Waals surface area (Å²) in [5.74, 6) is 0.786. The minimum absolute atomic E-state index is 0.485. The van der Waals surface area contributed by atoms with Crippen LogP contribution in [-0.2, 0) is 0 Å². The molecule has 1 saturated carbocycles. The fourth-order valence-corrected chi connectivity index (χ4v) is 3.07. The van der Waals surface area contributed by atoms with Gasteiger partial charge >= 0.3 is 0 Å². The zero-order chi connectivity index (χ0) is 13.0. The van der Waals surface area contributed by atoms with E-state index in [2.05, 4.69) is 23.8 Å². The highest BCUT2D eigenvalue weighted by Crippen LogP contribution is 2.20. The van der Waals surface area contributed by atoms with Crippen LogP contribution in [0, 0.1) is 0 Å². The van der Waals surface area contributed by atoms with Gasteiger partial charge in [0.05, 0.1) is 6.04 Å². The third-order valence-corrected chi connectivity index (χ3v) is 4.46. The number of rotatable bonds is 2. The zero-order valence-corrected chi connectivity index (χ0v) is 11.9. The molecule has 104 valence electrons. The molecule has 4 nitrogen and oxygen atoms in total. The van der Waals surface area contributed by atoms with Gasteiger partial charge in [-0.3, -0.25) is 4.90 Å². The largest absolute Gasteiger partial charge is 0.370 e. The zero-order valence-electron chi connectivity index (χ0n) is 11.9. The number of nitrogens with zero attached hydrogens (tertiary/aromatic N) is 3. The summed E-state index contributed by atoms with van der Waals surface area (Å²) >= 11 is 0. The number of piperazine rings is 1. The molecule has 0 aromatic heterocycles. The van der Waals surface area contributed by atoms with Gasteiger partial charge in [0.2, 0.25) is 0 Å². The minimum Gasteiger partial charge on any atom is -0.370 e. The van der Waals surface area contributed by atoms with Crippen LogP contribution in [0.1, 0.15) is 45.4 Å². The van der Waals surface area contributed by atoms with Gasteiger partial charge in [0.25, 0.3) is 0 Å². The van der Waals surface area contributed by atoms with Crippen LogP contribution in [0.25, 0.3) is 0 Å². The van der Waals surface area contributed by atoms with Gasteiger partial charge in [0, 0.05) is 25.7 Å². The molecular weight excluding hydrogens is 224 g/mol. The van der Waals surface area contributed by atoms with Crippen molar-refractivity contribution in [3.63, 3.8) is 0 Å². The number of hydrogen-bond acceptors (Lipinski definition) is 2. The maximum Gasteiger partial charge on any atom is 0.191 e. The third kappa shape index (κ3) is 3.37.